The van der Waals surface area contributed by atoms with Crippen LogP contribution in [0.2, 0.25) is 5.02 Å². The molecule has 1 aromatic carbocycles. The molecule has 4 atom stereocenters. The zero-order valence-electron chi connectivity index (χ0n) is 9.39. The molecule has 1 aliphatic carbocycles. The average Bonchev–Trinajstić information content (AvgIpc) is 3.03. The Hall–Kier alpha value is 0.220. The highest BCUT2D eigenvalue weighted by Crippen LogP contribution is 2.58. The van der Waals surface area contributed by atoms with E-state index in [1.807, 2.05) is 0 Å². The predicted octanol–water partition coefficient (Wildman–Crippen LogP) is 0.812. The third-order valence-electron chi connectivity index (χ3n) is 3.31. The first-order valence-electron chi connectivity index (χ1n) is 5.44. The largest absolute Gasteiger partial charge is 0.481 e. The Labute approximate surface area is 138 Å². The Morgan fingerprint density at radius 2 is 2.05 bits per heavy atom. The summed E-state index contributed by atoms with van der Waals surface area (Å²) in [5.41, 5.74) is 1.13. The summed E-state index contributed by atoms with van der Waals surface area (Å²) in [6, 6.07) is 4.87. The van der Waals surface area contributed by atoms with Crippen LogP contribution in [0.3, 0.4) is 0 Å². The van der Waals surface area contributed by atoms with Crippen LogP contribution in [0.4, 0.5) is 4.39 Å². The van der Waals surface area contributed by atoms with Gasteiger partial charge in [0.2, 0.25) is 0 Å². The molecule has 0 radical (unpaired) electrons. The summed E-state index contributed by atoms with van der Waals surface area (Å²) in [4.78, 5) is 10.4. The molecule has 0 bridgehead atoms. The quantitative estimate of drug-likeness (QED) is 0.558. The topological polar surface area (TPSA) is 37.3 Å². The van der Waals surface area contributed by atoms with Gasteiger partial charge in [0.1, 0.15) is 4.84 Å². The van der Waals surface area contributed by atoms with E-state index >= 15 is 0 Å². The molecule has 1 aromatic rings. The van der Waals surface area contributed by atoms with Crippen LogP contribution in [0.25, 0.3) is 0 Å². The van der Waals surface area contributed by atoms with E-state index in [1.165, 1.54) is 22.6 Å². The van der Waals surface area contributed by atoms with Crippen molar-refractivity contribution in [3.05, 3.63) is 34.3 Å². The molecule has 1 saturated carbocycles. The van der Waals surface area contributed by atoms with Crippen molar-refractivity contribution in [2.45, 2.75) is 14.9 Å². The summed E-state index contributed by atoms with van der Waals surface area (Å²) in [6.07, 6.45) is 0. The van der Waals surface area contributed by atoms with Gasteiger partial charge in [-0.05, 0) is 17.7 Å². The fraction of sp³-hybridized carbons (Fsp3) is 0.417. The molecule has 2 nitrogen and oxygen atoms in total. The number of alkyl halides is 4. The first-order chi connectivity index (χ1) is 8.84. The molecule has 104 valence electrons. The lowest BCUT2D eigenvalue weighted by molar-refractivity contribution is -0.467. The molecular weight excluding hydrogens is 428 g/mol. The van der Waals surface area contributed by atoms with Crippen molar-refractivity contribution in [1.29, 1.82) is 0 Å². The zero-order valence-corrected chi connectivity index (χ0v) is 14.0. The van der Waals surface area contributed by atoms with E-state index in [1.54, 1.807) is 18.2 Å². The van der Waals surface area contributed by atoms with Gasteiger partial charge in [-0.15, -0.1) is 23.2 Å². The lowest BCUT2D eigenvalue weighted by Crippen LogP contribution is -3.34. The SMILES string of the molecule is O=C(O)C1C(c2ccc([C@H](F)[IH+])c(Cl)c2)C1C(Cl)Cl. The van der Waals surface area contributed by atoms with E-state index in [-0.39, 0.29) is 11.8 Å². The molecule has 1 fully saturated rings. The molecule has 0 aliphatic heterocycles. The second-order valence-electron chi connectivity index (χ2n) is 4.40. The maximum Gasteiger partial charge on any atom is 0.313 e. The first kappa shape index (κ1) is 15.6. The molecule has 0 aromatic heterocycles. The Morgan fingerprint density at radius 1 is 1.42 bits per heavy atom. The van der Waals surface area contributed by atoms with Crippen LogP contribution < -0.4 is 22.6 Å². The number of carboxylic acids is 1. The number of hydrogen-bond donors (Lipinski definition) is 1. The molecule has 7 heteroatoms. The fourth-order valence-electron chi connectivity index (χ4n) is 2.33. The average molecular weight is 438 g/mol. The number of aliphatic carboxylic acids is 1. The maximum atomic E-state index is 13.2. The summed E-state index contributed by atoms with van der Waals surface area (Å²) in [5.74, 6) is -2.13. The Kier molecular flexibility index (Phi) is 4.86. The molecule has 1 N–H and O–H groups in total. The third-order valence-corrected chi connectivity index (χ3v) is 4.94. The number of rotatable bonds is 4. The molecule has 0 saturated heterocycles. The van der Waals surface area contributed by atoms with E-state index in [4.69, 9.17) is 39.9 Å². The van der Waals surface area contributed by atoms with Gasteiger partial charge in [0.15, 0.2) is 0 Å². The smallest absolute Gasteiger partial charge is 0.313 e. The number of hydrogen-bond acceptors (Lipinski definition) is 1. The van der Waals surface area contributed by atoms with Gasteiger partial charge in [0.05, 0.1) is 16.5 Å². The van der Waals surface area contributed by atoms with Crippen molar-refractivity contribution < 1.29 is 36.9 Å². The van der Waals surface area contributed by atoms with Gasteiger partial charge in [-0.25, -0.2) is 0 Å². The van der Waals surface area contributed by atoms with Crippen molar-refractivity contribution in [3.63, 3.8) is 0 Å². The van der Waals surface area contributed by atoms with Crippen LogP contribution in [-0.4, -0.2) is 15.9 Å². The molecule has 1 aliphatic rings. The highest BCUT2D eigenvalue weighted by atomic mass is 127. The number of carbonyl (C=O) groups is 1. The second-order valence-corrected chi connectivity index (χ2v) is 7.15. The van der Waals surface area contributed by atoms with Gasteiger partial charge < -0.3 is 5.11 Å². The molecule has 0 spiro atoms. The molecule has 0 amide bonds. The van der Waals surface area contributed by atoms with E-state index < -0.39 is 20.9 Å². The van der Waals surface area contributed by atoms with Crippen LogP contribution in [0.15, 0.2) is 18.2 Å². The summed E-state index contributed by atoms with van der Waals surface area (Å²) in [6.45, 7) is 0. The monoisotopic (exact) mass is 437 g/mol. The van der Waals surface area contributed by atoms with E-state index in [9.17, 15) is 9.18 Å². The number of halogens is 5. The highest BCUT2D eigenvalue weighted by molar-refractivity contribution is 6.44. The summed E-state index contributed by atoms with van der Waals surface area (Å²) in [5, 5.41) is 9.40. The molecular formula is C12H10Cl3FIO2+. The van der Waals surface area contributed by atoms with Crippen molar-refractivity contribution in [3.8, 4) is 0 Å². The molecule has 0 heterocycles. The van der Waals surface area contributed by atoms with Crippen molar-refractivity contribution in [1.82, 2.24) is 0 Å². The van der Waals surface area contributed by atoms with Gasteiger partial charge in [-0.1, -0.05) is 17.7 Å². The van der Waals surface area contributed by atoms with E-state index in [2.05, 4.69) is 0 Å². The van der Waals surface area contributed by atoms with Gasteiger partial charge in [-0.2, -0.15) is 4.39 Å². The number of carboxylic acid groups (broad SMARTS) is 1. The highest BCUT2D eigenvalue weighted by Gasteiger charge is 2.58. The minimum atomic E-state index is -1.16. The Bertz CT molecular complexity index is 510. The lowest BCUT2D eigenvalue weighted by Gasteiger charge is -2.05. The van der Waals surface area contributed by atoms with Crippen LogP contribution in [0, 0.1) is 11.8 Å². The van der Waals surface area contributed by atoms with Gasteiger partial charge in [0, 0.05) is 11.8 Å². The van der Waals surface area contributed by atoms with Crippen LogP contribution in [-0.2, 0) is 4.79 Å². The van der Waals surface area contributed by atoms with E-state index in [0.29, 0.717) is 10.6 Å². The van der Waals surface area contributed by atoms with Gasteiger partial charge >= 0.3 is 10.1 Å². The zero-order chi connectivity index (χ0) is 14.3. The normalized spacial score (nSPS) is 27.4. The van der Waals surface area contributed by atoms with Crippen molar-refractivity contribution in [2.24, 2.45) is 11.8 Å². The minimum absolute atomic E-state index is 0.264. The fourth-order valence-corrected chi connectivity index (χ4v) is 4.03. The van der Waals surface area contributed by atoms with E-state index in [0.717, 1.165) is 5.56 Å². The van der Waals surface area contributed by atoms with Crippen molar-refractivity contribution >= 4 is 40.8 Å². The Morgan fingerprint density at radius 3 is 2.42 bits per heavy atom. The second kappa shape index (κ2) is 5.92. The molecule has 19 heavy (non-hydrogen) atoms. The van der Waals surface area contributed by atoms with Crippen LogP contribution in [0.1, 0.15) is 21.2 Å². The summed E-state index contributed by atoms with van der Waals surface area (Å²) >= 11 is 18.9. The predicted molar refractivity (Wildman–Crippen MR) is 69.5 cm³/mol. The maximum absolute atomic E-state index is 13.2. The third kappa shape index (κ3) is 3.12. The van der Waals surface area contributed by atoms with Crippen molar-refractivity contribution in [2.75, 3.05) is 0 Å². The van der Waals surface area contributed by atoms with Crippen LogP contribution in [0.5, 0.6) is 0 Å². The standard InChI is InChI=1S/C12H9Cl3FIO2/c13-6-3-4(1-2-5(6)11(16)17)7-8(10(14)15)9(7)12(18)19/h1-3,7-11,17H/p+1/t7?,8?,9?,11-/m1/s1. The number of benzene rings is 1. The lowest BCUT2D eigenvalue weighted by atomic mass is 10.1. The summed E-state index contributed by atoms with van der Waals surface area (Å²) in [7, 11) is 0. The Balaban J connectivity index is 2.28. The summed E-state index contributed by atoms with van der Waals surface area (Å²) < 4.78 is 12.1. The van der Waals surface area contributed by atoms with Crippen LogP contribution >= 0.6 is 34.8 Å². The minimum Gasteiger partial charge on any atom is -0.481 e. The molecule has 2 rings (SSSR count). The van der Waals surface area contributed by atoms with Gasteiger partial charge in [-0.3, -0.25) is 4.79 Å². The molecule has 3 unspecified atom stereocenters. The van der Waals surface area contributed by atoms with Gasteiger partial charge in [0.25, 0.3) is 22.6 Å². The first-order valence-corrected chi connectivity index (χ1v) is 8.04.